The Bertz CT molecular complexity index is 346. The van der Waals surface area contributed by atoms with Gasteiger partial charge in [0.25, 0.3) is 0 Å². The van der Waals surface area contributed by atoms with Gasteiger partial charge in [-0.2, -0.15) is 0 Å². The van der Waals surface area contributed by atoms with E-state index < -0.39 is 0 Å². The van der Waals surface area contributed by atoms with Crippen LogP contribution in [0.2, 0.25) is 0 Å². The number of nitrogens with two attached hydrogens (primary N) is 1. The standard InChI is InChI=1S/C8H10N2S.CN.Na/c1-6-3-2-4-7(5-6)10-8(9)11;1-2;/h2-5H,1H3,(H3,9,10,11);;. The third kappa shape index (κ3) is 6.87. The van der Waals surface area contributed by atoms with Gasteiger partial charge in [-0.25, -0.2) is 0 Å². The number of thiocarbonyl (C=S) groups is 1. The van der Waals surface area contributed by atoms with E-state index in [1.165, 1.54) is 5.56 Å². The van der Waals surface area contributed by atoms with Crippen LogP contribution >= 0.6 is 12.2 Å². The van der Waals surface area contributed by atoms with Crippen molar-refractivity contribution in [1.82, 2.24) is 0 Å². The summed E-state index contributed by atoms with van der Waals surface area (Å²) < 4.78 is 1.89. The summed E-state index contributed by atoms with van der Waals surface area (Å²) in [6.45, 7) is 2.02. The molecule has 0 saturated carbocycles. The van der Waals surface area contributed by atoms with E-state index in [2.05, 4.69) is 17.5 Å². The van der Waals surface area contributed by atoms with Crippen molar-refractivity contribution < 1.29 is 0 Å². The topological polar surface area (TPSA) is 61.8 Å². The minimum absolute atomic E-state index is 0.301. The average Bonchev–Trinajstić information content (AvgIpc) is 2.03. The van der Waals surface area contributed by atoms with Crippen molar-refractivity contribution in [3.05, 3.63) is 29.8 Å². The summed E-state index contributed by atoms with van der Waals surface area (Å²) in [5.41, 5.74) is 7.42. The first-order chi connectivity index (χ1) is 6.60. The Kier molecular flexibility index (Phi) is 7.44. The van der Waals surface area contributed by atoms with Crippen LogP contribution < -0.4 is 11.1 Å². The predicted octanol–water partition coefficient (Wildman–Crippen LogP) is 1.29. The molecule has 68 valence electrons. The first-order valence-electron chi connectivity index (χ1n) is 4.04. The zero-order chi connectivity index (χ0) is 11.0. The molecule has 0 aliphatic heterocycles. The summed E-state index contributed by atoms with van der Waals surface area (Å²) in [5, 5.41) is 10.5. The minimum atomic E-state index is 0.301. The Morgan fingerprint density at radius 2 is 2.21 bits per heavy atom. The van der Waals surface area contributed by atoms with Gasteiger partial charge in [0.05, 0.1) is 0 Å². The van der Waals surface area contributed by atoms with Crippen molar-refractivity contribution in [2.45, 2.75) is 6.92 Å². The van der Waals surface area contributed by atoms with E-state index in [4.69, 9.17) is 11.0 Å². The Morgan fingerprint density at radius 1 is 1.64 bits per heavy atom. The van der Waals surface area contributed by atoms with Crippen LogP contribution in [0.15, 0.2) is 24.3 Å². The van der Waals surface area contributed by atoms with Gasteiger partial charge < -0.3 is 11.1 Å². The summed E-state index contributed by atoms with van der Waals surface area (Å²) in [6.07, 6.45) is 0. The van der Waals surface area contributed by atoms with Crippen LogP contribution in [-0.2, 0) is 0 Å². The molecule has 0 saturated heterocycles. The number of rotatable bonds is 1. The molecule has 0 radical (unpaired) electrons. The van der Waals surface area contributed by atoms with Gasteiger partial charge in [-0.05, 0) is 36.8 Å². The van der Waals surface area contributed by atoms with Gasteiger partial charge in [-0.3, -0.25) is 0 Å². The second-order valence-electron chi connectivity index (χ2n) is 2.58. The number of benzene rings is 1. The third-order valence-corrected chi connectivity index (χ3v) is 1.39. The number of nitrogens with zero attached hydrogens (tertiary/aromatic N) is 1. The third-order valence-electron chi connectivity index (χ3n) is 1.29. The molecule has 0 bridgehead atoms. The van der Waals surface area contributed by atoms with E-state index in [-0.39, 0.29) is 0 Å². The molecule has 1 aromatic rings. The van der Waals surface area contributed by atoms with Crippen LogP contribution in [0.5, 0.6) is 0 Å². The van der Waals surface area contributed by atoms with Gasteiger partial charge in [0.15, 0.2) is 5.11 Å². The van der Waals surface area contributed by atoms with E-state index in [0.717, 1.165) is 5.69 Å². The quantitative estimate of drug-likeness (QED) is 0.547. The Hall–Kier alpha value is -0.600. The Labute approximate surface area is 107 Å². The molecule has 14 heavy (non-hydrogen) atoms. The SMILES string of the molecule is Cc1cccc(NC(N)=S)c1.N#[C][Na]. The summed E-state index contributed by atoms with van der Waals surface area (Å²) in [4.78, 5) is 0. The molecule has 0 aromatic heterocycles. The molecular weight excluding hydrogens is 205 g/mol. The van der Waals surface area contributed by atoms with Crippen LogP contribution in [0.1, 0.15) is 5.56 Å². The number of nitrogens with one attached hydrogen (secondary N) is 1. The first kappa shape index (κ1) is 13.4. The number of anilines is 1. The monoisotopic (exact) mass is 215 g/mol. The maximum atomic E-state index is 7.38. The van der Waals surface area contributed by atoms with Gasteiger partial charge in [-0.15, -0.1) is 0 Å². The van der Waals surface area contributed by atoms with Crippen molar-refractivity contribution in [3.8, 4) is 3.32 Å². The van der Waals surface area contributed by atoms with Crippen LogP contribution in [0, 0.1) is 15.5 Å². The second-order valence-corrected chi connectivity index (χ2v) is 3.47. The number of aryl methyl sites for hydroxylation is 1. The molecule has 0 aliphatic rings. The first-order valence-corrected chi connectivity index (χ1v) is 5.45. The number of hydrogen-bond acceptors (Lipinski definition) is 2. The van der Waals surface area contributed by atoms with E-state index in [1.54, 1.807) is 0 Å². The normalized spacial score (nSPS) is 7.86. The molecule has 0 heterocycles. The second kappa shape index (κ2) is 7.77. The van der Waals surface area contributed by atoms with Crippen molar-refractivity contribution in [1.29, 1.82) is 5.26 Å². The molecule has 1 aromatic carbocycles. The fourth-order valence-electron chi connectivity index (χ4n) is 0.865. The molecule has 0 fully saturated rings. The van der Waals surface area contributed by atoms with Crippen molar-refractivity contribution in [3.63, 3.8) is 0 Å². The average molecular weight is 215 g/mol. The fraction of sp³-hybridized carbons (Fsp3) is 0.111. The van der Waals surface area contributed by atoms with E-state index >= 15 is 0 Å². The van der Waals surface area contributed by atoms with Crippen LogP contribution in [0.3, 0.4) is 0 Å². The summed E-state index contributed by atoms with van der Waals surface area (Å²) in [5.74, 6) is 0. The van der Waals surface area contributed by atoms with E-state index in [0.29, 0.717) is 33.0 Å². The zero-order valence-electron chi connectivity index (χ0n) is 8.24. The molecule has 0 atom stereocenters. The summed E-state index contributed by atoms with van der Waals surface area (Å²) in [6, 6.07) is 7.88. The number of hydrogen-bond donors (Lipinski definition) is 2. The zero-order valence-corrected chi connectivity index (χ0v) is 11.1. The van der Waals surface area contributed by atoms with E-state index in [9.17, 15) is 0 Å². The van der Waals surface area contributed by atoms with Crippen LogP contribution in [0.4, 0.5) is 5.69 Å². The molecule has 0 amide bonds. The fourth-order valence-corrected chi connectivity index (χ4v) is 0.983. The molecule has 3 N–H and O–H groups in total. The predicted molar refractivity (Wildman–Crippen MR) is 63.0 cm³/mol. The molecular formula is C9H10N3NaS. The molecule has 0 aliphatic carbocycles. The van der Waals surface area contributed by atoms with Gasteiger partial charge in [0.1, 0.15) is 0 Å². The van der Waals surface area contributed by atoms with Crippen molar-refractivity contribution >= 4 is 50.9 Å². The van der Waals surface area contributed by atoms with Crippen molar-refractivity contribution in [2.75, 3.05) is 5.32 Å². The van der Waals surface area contributed by atoms with Gasteiger partial charge in [0, 0.05) is 5.69 Å². The van der Waals surface area contributed by atoms with Crippen molar-refractivity contribution in [2.24, 2.45) is 5.73 Å². The van der Waals surface area contributed by atoms with Gasteiger partial charge in [0.2, 0.25) is 0 Å². The van der Waals surface area contributed by atoms with Gasteiger partial charge in [-0.1, -0.05) is 12.1 Å². The Morgan fingerprint density at radius 3 is 2.64 bits per heavy atom. The summed E-state index contributed by atoms with van der Waals surface area (Å²) in [7, 11) is 0. The molecule has 5 heteroatoms. The summed E-state index contributed by atoms with van der Waals surface area (Å²) >= 11 is 5.36. The molecule has 1 rings (SSSR count). The Balaban J connectivity index is 0.000000500. The van der Waals surface area contributed by atoms with Gasteiger partial charge >= 0.3 is 36.5 Å². The molecule has 3 nitrogen and oxygen atoms in total. The number of nitriles is 1. The molecule has 0 unspecified atom stereocenters. The van der Waals surface area contributed by atoms with Crippen LogP contribution in [0.25, 0.3) is 0 Å². The van der Waals surface area contributed by atoms with Crippen LogP contribution in [-0.4, -0.2) is 33.0 Å². The van der Waals surface area contributed by atoms with E-state index in [1.807, 2.05) is 34.5 Å². The molecule has 0 spiro atoms. The maximum absolute atomic E-state index is 7.38.